The number of β-lactam (4-membered cyclic amide) rings is 1. The van der Waals surface area contributed by atoms with Gasteiger partial charge in [0.2, 0.25) is 5.91 Å². The van der Waals surface area contributed by atoms with Crippen LogP contribution in [0.5, 0.6) is 0 Å². The number of nitrogens with one attached hydrogen (secondary N) is 1. The van der Waals surface area contributed by atoms with E-state index in [9.17, 15) is 19.7 Å². The number of hydrogen-bond acceptors (Lipinski definition) is 4. The molecule has 0 radical (unpaired) electrons. The maximum Gasteiger partial charge on any atom is 0.307 e. The Labute approximate surface area is 103 Å². The molecule has 0 spiro atoms. The van der Waals surface area contributed by atoms with Crippen molar-refractivity contribution in [3.05, 3.63) is 39.9 Å². The minimum atomic E-state index is -0.950. The van der Waals surface area contributed by atoms with Crippen molar-refractivity contribution < 1.29 is 19.6 Å². The van der Waals surface area contributed by atoms with E-state index in [1.807, 2.05) is 0 Å². The summed E-state index contributed by atoms with van der Waals surface area (Å²) in [6, 6.07) is 5.45. The number of hydrogen-bond donors (Lipinski definition) is 2. The molecule has 0 aliphatic carbocycles. The highest BCUT2D eigenvalue weighted by Gasteiger charge is 2.07. The maximum atomic E-state index is 10.3. The summed E-state index contributed by atoms with van der Waals surface area (Å²) >= 11 is 0. The third-order valence-electron chi connectivity index (χ3n) is 2.18. The number of amides is 1. The molecular formula is C11H12N2O5. The predicted octanol–water partition coefficient (Wildman–Crippen LogP) is 0.728. The van der Waals surface area contributed by atoms with Crippen LogP contribution in [0.1, 0.15) is 12.0 Å². The van der Waals surface area contributed by atoms with E-state index in [1.54, 1.807) is 0 Å². The molecule has 1 heterocycles. The Morgan fingerprint density at radius 1 is 1.39 bits per heavy atom. The van der Waals surface area contributed by atoms with Crippen molar-refractivity contribution in [2.24, 2.45) is 0 Å². The van der Waals surface area contributed by atoms with E-state index in [-0.39, 0.29) is 18.0 Å². The number of carboxylic acid groups (broad SMARTS) is 1. The van der Waals surface area contributed by atoms with Gasteiger partial charge in [0.05, 0.1) is 11.3 Å². The third-order valence-corrected chi connectivity index (χ3v) is 2.18. The van der Waals surface area contributed by atoms with Crippen molar-refractivity contribution in [1.29, 1.82) is 0 Å². The zero-order valence-corrected chi connectivity index (χ0v) is 9.46. The average Bonchev–Trinajstić information content (AvgIpc) is 2.27. The van der Waals surface area contributed by atoms with Crippen molar-refractivity contribution in [2.75, 3.05) is 6.54 Å². The monoisotopic (exact) mass is 252 g/mol. The van der Waals surface area contributed by atoms with Crippen molar-refractivity contribution in [3.8, 4) is 0 Å². The summed E-state index contributed by atoms with van der Waals surface area (Å²) in [4.78, 5) is 29.7. The fourth-order valence-corrected chi connectivity index (χ4v) is 1.14. The minimum Gasteiger partial charge on any atom is -0.481 e. The zero-order valence-electron chi connectivity index (χ0n) is 9.46. The summed E-state index contributed by atoms with van der Waals surface area (Å²) in [6.45, 7) is 0.888. The first kappa shape index (κ1) is 13.6. The summed E-state index contributed by atoms with van der Waals surface area (Å²) in [6.07, 6.45) is 0.623. The van der Waals surface area contributed by atoms with E-state index in [0.29, 0.717) is 5.56 Å². The lowest BCUT2D eigenvalue weighted by atomic mass is 10.1. The smallest absolute Gasteiger partial charge is 0.307 e. The number of nitrogens with zero attached hydrogens (tertiary/aromatic N) is 1. The number of carbonyl (C=O) groups excluding carboxylic acids is 1. The van der Waals surface area contributed by atoms with Gasteiger partial charge < -0.3 is 10.4 Å². The van der Waals surface area contributed by atoms with Gasteiger partial charge in [0.25, 0.3) is 5.69 Å². The van der Waals surface area contributed by atoms with Crippen LogP contribution in [0, 0.1) is 10.1 Å². The largest absolute Gasteiger partial charge is 0.481 e. The molecule has 7 nitrogen and oxygen atoms in total. The summed E-state index contributed by atoms with van der Waals surface area (Å²) in [5, 5.41) is 21.2. The van der Waals surface area contributed by atoms with Gasteiger partial charge in [-0.3, -0.25) is 19.7 Å². The molecule has 0 aromatic heterocycles. The van der Waals surface area contributed by atoms with Gasteiger partial charge in [-0.1, -0.05) is 12.1 Å². The molecule has 0 bridgehead atoms. The van der Waals surface area contributed by atoms with E-state index in [4.69, 9.17) is 5.11 Å². The second kappa shape index (κ2) is 6.33. The van der Waals surface area contributed by atoms with Crippen LogP contribution in [0.2, 0.25) is 0 Å². The first-order valence-electron chi connectivity index (χ1n) is 5.21. The molecule has 1 aromatic carbocycles. The number of rotatable bonds is 3. The Hall–Kier alpha value is -2.44. The molecule has 1 amide bonds. The molecule has 1 aliphatic rings. The van der Waals surface area contributed by atoms with Crippen LogP contribution in [0.25, 0.3) is 0 Å². The maximum absolute atomic E-state index is 10.3. The molecule has 1 fully saturated rings. The minimum absolute atomic E-state index is 0.0332. The Morgan fingerprint density at radius 2 is 1.89 bits per heavy atom. The van der Waals surface area contributed by atoms with Crippen LogP contribution in [-0.4, -0.2) is 28.5 Å². The van der Waals surface area contributed by atoms with Crippen molar-refractivity contribution in [3.63, 3.8) is 0 Å². The summed E-state index contributed by atoms with van der Waals surface area (Å²) in [5.41, 5.74) is 0.521. The van der Waals surface area contributed by atoms with Gasteiger partial charge in [0, 0.05) is 25.1 Å². The van der Waals surface area contributed by atoms with Gasteiger partial charge in [-0.2, -0.15) is 0 Å². The lowest BCUT2D eigenvalue weighted by molar-refractivity contribution is -0.384. The third kappa shape index (κ3) is 4.60. The molecule has 0 saturated carbocycles. The standard InChI is InChI=1S/C8H7NO4.C3H5NO/c10-8(11)5-6-1-3-7(4-2-6)9(12)13;5-3-1-2-4-3/h1-4H,5H2,(H,10,11);1-2H2,(H,4,5). The molecule has 2 rings (SSSR count). The molecule has 7 heteroatoms. The Morgan fingerprint density at radius 3 is 2.17 bits per heavy atom. The topological polar surface area (TPSA) is 110 Å². The van der Waals surface area contributed by atoms with Gasteiger partial charge >= 0.3 is 5.97 Å². The van der Waals surface area contributed by atoms with E-state index < -0.39 is 10.9 Å². The summed E-state index contributed by atoms with van der Waals surface area (Å²) < 4.78 is 0. The second-order valence-corrected chi connectivity index (χ2v) is 3.59. The fraction of sp³-hybridized carbons (Fsp3) is 0.273. The molecule has 0 atom stereocenters. The van der Waals surface area contributed by atoms with Crippen molar-refractivity contribution in [1.82, 2.24) is 5.32 Å². The summed E-state index contributed by atoms with van der Waals surface area (Å²) in [7, 11) is 0. The Balaban J connectivity index is 0.000000269. The highest BCUT2D eigenvalue weighted by molar-refractivity contribution is 5.81. The van der Waals surface area contributed by atoms with Gasteiger partial charge in [-0.25, -0.2) is 0 Å². The van der Waals surface area contributed by atoms with Gasteiger partial charge in [-0.05, 0) is 5.56 Å². The first-order valence-corrected chi connectivity index (χ1v) is 5.21. The van der Waals surface area contributed by atoms with Crippen LogP contribution in [0.15, 0.2) is 24.3 Å². The van der Waals surface area contributed by atoms with E-state index >= 15 is 0 Å². The van der Waals surface area contributed by atoms with Gasteiger partial charge in [0.1, 0.15) is 0 Å². The normalized spacial score (nSPS) is 12.6. The van der Waals surface area contributed by atoms with E-state index in [0.717, 1.165) is 13.0 Å². The molecule has 96 valence electrons. The molecule has 1 aliphatic heterocycles. The lowest BCUT2D eigenvalue weighted by Gasteiger charge is -2.10. The van der Waals surface area contributed by atoms with Crippen LogP contribution >= 0.6 is 0 Å². The number of carbonyl (C=O) groups is 2. The van der Waals surface area contributed by atoms with E-state index in [2.05, 4.69) is 5.32 Å². The first-order chi connectivity index (χ1) is 8.49. The van der Waals surface area contributed by atoms with Crippen molar-refractivity contribution in [2.45, 2.75) is 12.8 Å². The van der Waals surface area contributed by atoms with Crippen LogP contribution in [-0.2, 0) is 16.0 Å². The highest BCUT2D eigenvalue weighted by Crippen LogP contribution is 2.11. The number of carboxylic acids is 1. The quantitative estimate of drug-likeness (QED) is 0.468. The highest BCUT2D eigenvalue weighted by atomic mass is 16.6. The molecule has 18 heavy (non-hydrogen) atoms. The molecular weight excluding hydrogens is 240 g/mol. The van der Waals surface area contributed by atoms with Gasteiger partial charge in [0.15, 0.2) is 0 Å². The Kier molecular flexibility index (Phi) is 4.79. The number of aliphatic carboxylic acids is 1. The number of nitro benzene ring substituents is 1. The van der Waals surface area contributed by atoms with Gasteiger partial charge in [-0.15, -0.1) is 0 Å². The Bertz CT molecular complexity index is 449. The van der Waals surface area contributed by atoms with E-state index in [1.165, 1.54) is 24.3 Å². The summed E-state index contributed by atoms with van der Waals surface area (Å²) in [5.74, 6) is -0.765. The molecule has 2 N–H and O–H groups in total. The average molecular weight is 252 g/mol. The lowest BCUT2D eigenvalue weighted by Crippen LogP contribution is -2.37. The van der Waals surface area contributed by atoms with Crippen LogP contribution in [0.3, 0.4) is 0 Å². The molecule has 1 aromatic rings. The number of benzene rings is 1. The number of nitro groups is 1. The van der Waals surface area contributed by atoms with Crippen LogP contribution in [0.4, 0.5) is 5.69 Å². The zero-order chi connectivity index (χ0) is 13.5. The SMILES string of the molecule is O=C(O)Cc1ccc([N+](=O)[O-])cc1.O=C1CCN1. The van der Waals surface area contributed by atoms with Crippen molar-refractivity contribution >= 4 is 17.6 Å². The number of non-ortho nitro benzene ring substituents is 1. The van der Waals surface area contributed by atoms with Crippen LogP contribution < -0.4 is 5.32 Å². The molecule has 0 unspecified atom stereocenters. The predicted molar refractivity (Wildman–Crippen MR) is 62.1 cm³/mol. The fourth-order valence-electron chi connectivity index (χ4n) is 1.14. The second-order valence-electron chi connectivity index (χ2n) is 3.59. The molecule has 1 saturated heterocycles.